The molecular formula is C25H26N2O4. The molecule has 2 aliphatic rings. The van der Waals surface area contributed by atoms with Crippen LogP contribution in [0.5, 0.6) is 5.75 Å². The third kappa shape index (κ3) is 3.13. The highest BCUT2D eigenvalue weighted by atomic mass is 16.5. The van der Waals surface area contributed by atoms with Crippen LogP contribution in [0.15, 0.2) is 59.4 Å². The number of amides is 1. The number of fused-ring (bicyclic) bond motifs is 3. The average Bonchev–Trinajstić information content (AvgIpc) is 3.18. The van der Waals surface area contributed by atoms with Gasteiger partial charge in [-0.1, -0.05) is 42.5 Å². The van der Waals surface area contributed by atoms with Crippen LogP contribution < -0.4 is 10.3 Å². The number of pyridine rings is 1. The van der Waals surface area contributed by atoms with Gasteiger partial charge in [-0.15, -0.1) is 0 Å². The summed E-state index contributed by atoms with van der Waals surface area (Å²) in [6.07, 6.45) is 0.150. The minimum absolute atomic E-state index is 0.0325. The highest BCUT2D eigenvalue weighted by Gasteiger charge is 2.49. The molecule has 6 heteroatoms. The Bertz CT molecular complexity index is 1220. The molecule has 3 aromatic rings. The Kier molecular flexibility index (Phi) is 4.63. The first-order chi connectivity index (χ1) is 14.9. The fourth-order valence-electron chi connectivity index (χ4n) is 4.84. The smallest absolute Gasteiger partial charge is 0.260 e. The molecule has 0 bridgehead atoms. The topological polar surface area (TPSA) is 71.8 Å². The van der Waals surface area contributed by atoms with Gasteiger partial charge in [-0.2, -0.15) is 0 Å². The van der Waals surface area contributed by atoms with Crippen molar-refractivity contribution in [2.75, 3.05) is 6.54 Å². The van der Waals surface area contributed by atoms with Gasteiger partial charge in [0.1, 0.15) is 17.5 Å². The van der Waals surface area contributed by atoms with E-state index in [1.54, 1.807) is 23.3 Å². The molecular weight excluding hydrogens is 392 g/mol. The van der Waals surface area contributed by atoms with Gasteiger partial charge in [-0.25, -0.2) is 0 Å². The van der Waals surface area contributed by atoms with E-state index in [4.69, 9.17) is 4.74 Å². The van der Waals surface area contributed by atoms with Crippen molar-refractivity contribution in [3.63, 3.8) is 0 Å². The molecule has 1 saturated heterocycles. The van der Waals surface area contributed by atoms with Crippen molar-refractivity contribution in [3.05, 3.63) is 76.1 Å². The molecule has 3 heterocycles. The van der Waals surface area contributed by atoms with Gasteiger partial charge in [0.15, 0.2) is 0 Å². The second-order valence-corrected chi connectivity index (χ2v) is 8.92. The van der Waals surface area contributed by atoms with Gasteiger partial charge >= 0.3 is 0 Å². The Morgan fingerprint density at radius 3 is 2.48 bits per heavy atom. The molecule has 0 aliphatic carbocycles. The fraction of sp³-hybridized carbons (Fsp3) is 0.360. The molecule has 0 saturated carbocycles. The van der Waals surface area contributed by atoms with E-state index < -0.39 is 17.7 Å². The van der Waals surface area contributed by atoms with E-state index >= 15 is 0 Å². The monoisotopic (exact) mass is 418 g/mol. The van der Waals surface area contributed by atoms with Gasteiger partial charge in [0.05, 0.1) is 23.7 Å². The predicted octanol–water partition coefficient (Wildman–Crippen LogP) is 3.25. The van der Waals surface area contributed by atoms with Crippen molar-refractivity contribution >= 4 is 16.8 Å². The maximum Gasteiger partial charge on any atom is 0.260 e. The van der Waals surface area contributed by atoms with Crippen molar-refractivity contribution in [1.82, 2.24) is 9.47 Å². The van der Waals surface area contributed by atoms with Crippen LogP contribution in [0.4, 0.5) is 0 Å². The fourth-order valence-corrected chi connectivity index (χ4v) is 4.84. The summed E-state index contributed by atoms with van der Waals surface area (Å²) in [5.74, 6) is 0.444. The number of aliphatic hydroxyl groups excluding tert-OH is 1. The standard InChI is InChI=1S/C25H26N2O4/c1-25(2)23(29)21(26-14-8-13-19(26)28)20-22(31-25)17-11-6-7-12-18(17)27(24(20)30)15-16-9-4-3-5-10-16/h3-7,9-12,21,23,29H,8,13-15H2,1-2H3/t21-,23+/m1/s1. The van der Waals surface area contributed by atoms with Gasteiger partial charge < -0.3 is 19.3 Å². The molecule has 1 N–H and O–H groups in total. The number of para-hydroxylation sites is 1. The average molecular weight is 418 g/mol. The Morgan fingerprint density at radius 1 is 1.06 bits per heavy atom. The van der Waals surface area contributed by atoms with Crippen molar-refractivity contribution < 1.29 is 14.6 Å². The van der Waals surface area contributed by atoms with E-state index in [1.807, 2.05) is 54.6 Å². The van der Waals surface area contributed by atoms with Gasteiger partial charge in [0.25, 0.3) is 5.56 Å². The number of hydrogen-bond acceptors (Lipinski definition) is 4. The molecule has 5 rings (SSSR count). The lowest BCUT2D eigenvalue weighted by atomic mass is 9.85. The highest BCUT2D eigenvalue weighted by Crippen LogP contribution is 2.45. The Labute approximate surface area is 180 Å². The summed E-state index contributed by atoms with van der Waals surface area (Å²) in [6.45, 7) is 4.53. The molecule has 160 valence electrons. The Balaban J connectivity index is 1.80. The van der Waals surface area contributed by atoms with E-state index in [9.17, 15) is 14.7 Å². The second kappa shape index (κ2) is 7.24. The lowest BCUT2D eigenvalue weighted by Gasteiger charge is -2.45. The number of carbonyl (C=O) groups is 1. The van der Waals surface area contributed by atoms with Crippen LogP contribution in [-0.4, -0.2) is 38.7 Å². The zero-order valence-electron chi connectivity index (χ0n) is 17.7. The van der Waals surface area contributed by atoms with Crippen LogP contribution in [0.1, 0.15) is 43.9 Å². The number of ether oxygens (including phenoxy) is 1. The molecule has 0 radical (unpaired) electrons. The number of rotatable bonds is 3. The van der Waals surface area contributed by atoms with E-state index in [-0.39, 0.29) is 11.5 Å². The maximum absolute atomic E-state index is 13.9. The van der Waals surface area contributed by atoms with E-state index in [2.05, 4.69) is 0 Å². The zero-order chi connectivity index (χ0) is 21.8. The molecule has 2 atom stereocenters. The number of benzene rings is 2. The largest absolute Gasteiger partial charge is 0.484 e. The summed E-state index contributed by atoms with van der Waals surface area (Å²) in [6, 6.07) is 16.7. The highest BCUT2D eigenvalue weighted by molar-refractivity contribution is 5.88. The van der Waals surface area contributed by atoms with Crippen molar-refractivity contribution in [2.45, 2.75) is 51.0 Å². The molecule has 1 fully saturated rings. The molecule has 1 aromatic heterocycles. The maximum atomic E-state index is 13.9. The molecule has 0 spiro atoms. The van der Waals surface area contributed by atoms with Gasteiger partial charge in [-0.3, -0.25) is 9.59 Å². The lowest BCUT2D eigenvalue weighted by Crippen LogP contribution is -2.56. The normalized spacial score (nSPS) is 22.4. The quantitative estimate of drug-likeness (QED) is 0.709. The first-order valence-corrected chi connectivity index (χ1v) is 10.7. The van der Waals surface area contributed by atoms with Gasteiger partial charge in [0, 0.05) is 18.4 Å². The van der Waals surface area contributed by atoms with Crippen LogP contribution in [-0.2, 0) is 11.3 Å². The van der Waals surface area contributed by atoms with Crippen LogP contribution in [0.25, 0.3) is 10.9 Å². The molecule has 2 aliphatic heterocycles. The summed E-state index contributed by atoms with van der Waals surface area (Å²) in [7, 11) is 0. The van der Waals surface area contributed by atoms with E-state index in [0.29, 0.717) is 30.8 Å². The first kappa shape index (κ1) is 19.8. The van der Waals surface area contributed by atoms with Crippen LogP contribution in [0, 0.1) is 0 Å². The number of hydrogen-bond donors (Lipinski definition) is 1. The third-order valence-electron chi connectivity index (χ3n) is 6.46. The Hall–Kier alpha value is -3.12. The number of nitrogens with zero attached hydrogens (tertiary/aromatic N) is 2. The van der Waals surface area contributed by atoms with Crippen molar-refractivity contribution in [3.8, 4) is 5.75 Å². The van der Waals surface area contributed by atoms with Crippen molar-refractivity contribution in [2.24, 2.45) is 0 Å². The molecule has 0 unspecified atom stereocenters. The summed E-state index contributed by atoms with van der Waals surface area (Å²) in [5.41, 5.74) is 0.977. The Morgan fingerprint density at radius 2 is 1.77 bits per heavy atom. The second-order valence-electron chi connectivity index (χ2n) is 8.92. The predicted molar refractivity (Wildman–Crippen MR) is 118 cm³/mol. The molecule has 6 nitrogen and oxygen atoms in total. The number of carbonyl (C=O) groups excluding carboxylic acids is 1. The van der Waals surface area contributed by atoms with Crippen LogP contribution in [0.3, 0.4) is 0 Å². The van der Waals surface area contributed by atoms with Crippen LogP contribution >= 0.6 is 0 Å². The molecule has 1 amide bonds. The zero-order valence-corrected chi connectivity index (χ0v) is 17.7. The molecule has 31 heavy (non-hydrogen) atoms. The molecule has 2 aromatic carbocycles. The minimum Gasteiger partial charge on any atom is -0.484 e. The van der Waals surface area contributed by atoms with E-state index in [1.165, 1.54) is 0 Å². The van der Waals surface area contributed by atoms with Gasteiger partial charge in [-0.05, 0) is 38.0 Å². The SMILES string of the molecule is CC1(C)Oc2c(c(=O)n(Cc3ccccc3)c3ccccc23)[C@@H](N2CCCC2=O)[C@@H]1O. The number of likely N-dealkylation sites (tertiary alicyclic amines) is 1. The summed E-state index contributed by atoms with van der Waals surface area (Å²) < 4.78 is 7.98. The summed E-state index contributed by atoms with van der Waals surface area (Å²) in [5, 5.41) is 12.0. The van der Waals surface area contributed by atoms with Crippen molar-refractivity contribution in [1.29, 1.82) is 0 Å². The third-order valence-corrected chi connectivity index (χ3v) is 6.46. The number of aliphatic hydroxyl groups is 1. The first-order valence-electron chi connectivity index (χ1n) is 10.7. The lowest BCUT2D eigenvalue weighted by molar-refractivity contribution is -0.139. The van der Waals surface area contributed by atoms with Crippen LogP contribution in [0.2, 0.25) is 0 Å². The summed E-state index contributed by atoms with van der Waals surface area (Å²) in [4.78, 5) is 28.2. The van der Waals surface area contributed by atoms with E-state index in [0.717, 1.165) is 22.9 Å². The minimum atomic E-state index is -1.01. The number of aromatic nitrogens is 1. The summed E-state index contributed by atoms with van der Waals surface area (Å²) >= 11 is 0. The van der Waals surface area contributed by atoms with Gasteiger partial charge in [0.2, 0.25) is 5.91 Å².